The molecule has 1 amide bonds. The Hall–Kier alpha value is -4.30. The van der Waals surface area contributed by atoms with Crippen molar-refractivity contribution in [1.29, 1.82) is 0 Å². The van der Waals surface area contributed by atoms with Gasteiger partial charge in [0.25, 0.3) is 11.8 Å². The van der Waals surface area contributed by atoms with Gasteiger partial charge in [0.2, 0.25) is 6.17 Å². The van der Waals surface area contributed by atoms with Gasteiger partial charge in [-0.05, 0) is 25.5 Å². The van der Waals surface area contributed by atoms with Gasteiger partial charge >= 0.3 is 12.2 Å². The van der Waals surface area contributed by atoms with Crippen LogP contribution in [0.2, 0.25) is 0 Å². The fraction of sp³-hybridized carbons (Fsp3) is 0.296. The lowest BCUT2D eigenvalue weighted by molar-refractivity contribution is -0.137. The maximum Gasteiger partial charge on any atom is 0.417 e. The summed E-state index contributed by atoms with van der Waals surface area (Å²) >= 11 is 1.47. The van der Waals surface area contributed by atoms with Crippen LogP contribution in [0.25, 0.3) is 11.6 Å². The smallest absolute Gasteiger partial charge is 0.402 e. The number of hydrogen-bond donors (Lipinski definition) is 2. The van der Waals surface area contributed by atoms with Crippen molar-refractivity contribution in [2.45, 2.75) is 26.2 Å². The molecule has 2 aliphatic rings. The lowest BCUT2D eigenvalue weighted by Crippen LogP contribution is -2.36. The van der Waals surface area contributed by atoms with E-state index >= 15 is 0 Å². The van der Waals surface area contributed by atoms with Crippen LogP contribution in [0, 0.1) is 13.8 Å². The van der Waals surface area contributed by atoms with Crippen LogP contribution in [-0.4, -0.2) is 59.3 Å². The molecule has 1 fully saturated rings. The van der Waals surface area contributed by atoms with Gasteiger partial charge in [-0.25, -0.2) is 9.98 Å². The maximum absolute atomic E-state index is 13.5. The summed E-state index contributed by atoms with van der Waals surface area (Å²) in [7, 11) is 0. The number of rotatable bonds is 5. The number of aryl methyl sites for hydroxylation is 1. The number of nitrogens with zero attached hydrogens (tertiary/aromatic N) is 5. The first kappa shape index (κ1) is 26.9. The Morgan fingerprint density at radius 2 is 1.88 bits per heavy atom. The molecule has 0 unspecified atom stereocenters. The molecule has 4 aromatic rings. The minimum Gasteiger partial charge on any atom is -0.402 e. The van der Waals surface area contributed by atoms with E-state index in [9.17, 15) is 18.0 Å². The minimum absolute atomic E-state index is 0.0903. The van der Waals surface area contributed by atoms with E-state index in [0.717, 1.165) is 33.8 Å². The highest BCUT2D eigenvalue weighted by molar-refractivity contribution is 7.17. The monoisotopic (exact) mass is 583 g/mol. The number of carbonyl (C=O) groups excluding carboxylic acids is 1. The first-order valence-electron chi connectivity index (χ1n) is 12.7. The second-order valence-corrected chi connectivity index (χ2v) is 10.7. The average molecular weight is 584 g/mol. The molecule has 14 heteroatoms. The van der Waals surface area contributed by atoms with Gasteiger partial charge in [0, 0.05) is 35.3 Å². The summed E-state index contributed by atoms with van der Waals surface area (Å²) in [6, 6.07) is 10.4. The third kappa shape index (κ3) is 5.27. The number of amides is 1. The molecule has 6 rings (SSSR count). The number of aromatic nitrogens is 3. The Morgan fingerprint density at radius 3 is 2.61 bits per heavy atom. The largest absolute Gasteiger partial charge is 0.417 e. The van der Waals surface area contributed by atoms with E-state index in [1.54, 1.807) is 4.90 Å². The van der Waals surface area contributed by atoms with Crippen molar-refractivity contribution in [2.24, 2.45) is 4.99 Å². The standard InChI is InChI=1S/C27H24F3N7O3S/c1-14-15(2)41-25-19(14)20(16-6-4-3-5-7-16)32-22(23(38)34-25)33-26-36-35-24(40-26)21-18(37-8-10-39-11-9-37)12-17(13-31-21)27(28,29)30/h3-7,12-13,22H,8-11H2,1-2H3,(H,33,36)(H,34,38)/t22-/m0/s1. The normalized spacial score (nSPS) is 17.5. The Balaban J connectivity index is 1.35. The average Bonchev–Trinajstić information content (AvgIpc) is 3.50. The van der Waals surface area contributed by atoms with Gasteiger partial charge in [0.1, 0.15) is 5.00 Å². The van der Waals surface area contributed by atoms with Gasteiger partial charge < -0.3 is 24.7 Å². The summed E-state index contributed by atoms with van der Waals surface area (Å²) in [5.74, 6) is -0.533. The van der Waals surface area contributed by atoms with Crippen LogP contribution in [0.4, 0.5) is 29.9 Å². The molecule has 41 heavy (non-hydrogen) atoms. The molecule has 0 radical (unpaired) electrons. The highest BCUT2D eigenvalue weighted by Gasteiger charge is 2.34. The van der Waals surface area contributed by atoms with Crippen LogP contribution in [-0.2, 0) is 15.7 Å². The molecule has 1 atom stereocenters. The number of ether oxygens (including phenoxy) is 1. The Labute approximate surface area is 236 Å². The van der Waals surface area contributed by atoms with Gasteiger partial charge in [-0.2, -0.15) is 13.2 Å². The van der Waals surface area contributed by atoms with Gasteiger partial charge in [-0.1, -0.05) is 35.4 Å². The quantitative estimate of drug-likeness (QED) is 0.341. The lowest BCUT2D eigenvalue weighted by Gasteiger charge is -2.30. The molecule has 3 aromatic heterocycles. The van der Waals surface area contributed by atoms with Crippen molar-refractivity contribution in [3.8, 4) is 11.6 Å². The Bertz CT molecular complexity index is 1630. The van der Waals surface area contributed by atoms with Crippen LogP contribution < -0.4 is 15.5 Å². The first-order valence-corrected chi connectivity index (χ1v) is 13.6. The summed E-state index contributed by atoms with van der Waals surface area (Å²) in [5.41, 5.74) is 2.70. The number of carbonyl (C=O) groups is 1. The number of anilines is 3. The molecule has 2 aliphatic heterocycles. The van der Waals surface area contributed by atoms with E-state index < -0.39 is 23.8 Å². The molecular weight excluding hydrogens is 559 g/mol. The van der Waals surface area contributed by atoms with E-state index in [4.69, 9.17) is 14.1 Å². The van der Waals surface area contributed by atoms with Crippen LogP contribution in [0.1, 0.15) is 27.1 Å². The van der Waals surface area contributed by atoms with Crippen LogP contribution in [0.5, 0.6) is 0 Å². The molecule has 2 N–H and O–H groups in total. The number of pyridine rings is 1. The van der Waals surface area contributed by atoms with Crippen molar-refractivity contribution in [1.82, 2.24) is 15.2 Å². The predicted molar refractivity (Wildman–Crippen MR) is 147 cm³/mol. The molecular formula is C27H24F3N7O3S. The van der Waals surface area contributed by atoms with Crippen LogP contribution >= 0.6 is 11.3 Å². The molecule has 1 aromatic carbocycles. The summed E-state index contributed by atoms with van der Waals surface area (Å²) in [4.78, 5) is 24.8. The number of thiophene rings is 1. The number of hydrogen-bond acceptors (Lipinski definition) is 10. The van der Waals surface area contributed by atoms with E-state index in [1.165, 1.54) is 11.3 Å². The SMILES string of the molecule is Cc1sc2c(c1C)C(c1ccccc1)=N[C@@H](Nc1nnc(-c3ncc(C(F)(F)F)cc3N3CCOCC3)o1)C(=O)N2. The van der Waals surface area contributed by atoms with E-state index in [1.807, 2.05) is 44.2 Å². The zero-order valence-electron chi connectivity index (χ0n) is 22.0. The van der Waals surface area contributed by atoms with Crippen molar-refractivity contribution >= 4 is 39.7 Å². The fourth-order valence-corrected chi connectivity index (χ4v) is 5.72. The third-order valence-corrected chi connectivity index (χ3v) is 7.97. The van der Waals surface area contributed by atoms with Gasteiger partial charge in [-0.15, -0.1) is 16.4 Å². The summed E-state index contributed by atoms with van der Waals surface area (Å²) in [6.07, 6.45) is -4.97. The van der Waals surface area contributed by atoms with E-state index in [-0.39, 0.29) is 23.3 Å². The molecule has 5 heterocycles. The molecule has 10 nitrogen and oxygen atoms in total. The second-order valence-electron chi connectivity index (χ2n) is 9.47. The van der Waals surface area contributed by atoms with Gasteiger partial charge in [0.15, 0.2) is 5.69 Å². The van der Waals surface area contributed by atoms with Gasteiger partial charge in [-0.3, -0.25) is 4.79 Å². The molecule has 1 saturated heterocycles. The van der Waals surface area contributed by atoms with Crippen molar-refractivity contribution in [3.05, 3.63) is 69.7 Å². The molecule has 0 saturated carbocycles. The third-order valence-electron chi connectivity index (χ3n) is 6.85. The lowest BCUT2D eigenvalue weighted by atomic mass is 10.00. The van der Waals surface area contributed by atoms with Gasteiger partial charge in [0.05, 0.1) is 30.2 Å². The van der Waals surface area contributed by atoms with E-state index in [2.05, 4.69) is 25.8 Å². The summed E-state index contributed by atoms with van der Waals surface area (Å²) in [6.45, 7) is 5.43. The summed E-state index contributed by atoms with van der Waals surface area (Å²) < 4.78 is 51.6. The number of halogens is 3. The van der Waals surface area contributed by atoms with Crippen molar-refractivity contribution in [3.63, 3.8) is 0 Å². The number of morpholine rings is 1. The van der Waals surface area contributed by atoms with Crippen LogP contribution in [0.3, 0.4) is 0 Å². The Kier molecular flexibility index (Phi) is 6.95. The Morgan fingerprint density at radius 1 is 1.12 bits per heavy atom. The minimum atomic E-state index is -4.58. The molecule has 212 valence electrons. The number of alkyl halides is 3. The van der Waals surface area contributed by atoms with Crippen molar-refractivity contribution < 1.29 is 27.1 Å². The van der Waals surface area contributed by atoms with Crippen molar-refractivity contribution in [2.75, 3.05) is 41.8 Å². The second kappa shape index (κ2) is 10.6. The number of benzene rings is 1. The summed E-state index contributed by atoms with van der Waals surface area (Å²) in [5, 5.41) is 14.5. The number of aliphatic imine (C=N–C) groups is 1. The molecule has 0 aliphatic carbocycles. The topological polar surface area (TPSA) is 118 Å². The fourth-order valence-electron chi connectivity index (χ4n) is 4.66. The molecule has 0 bridgehead atoms. The highest BCUT2D eigenvalue weighted by Crippen LogP contribution is 2.38. The number of nitrogens with one attached hydrogen (secondary N) is 2. The zero-order chi connectivity index (χ0) is 28.7. The van der Waals surface area contributed by atoms with Crippen LogP contribution in [0.15, 0.2) is 52.0 Å². The number of fused-ring (bicyclic) bond motifs is 1. The van der Waals surface area contributed by atoms with E-state index in [0.29, 0.717) is 37.0 Å². The maximum atomic E-state index is 13.5. The molecule has 0 spiro atoms. The zero-order valence-corrected chi connectivity index (χ0v) is 22.8. The highest BCUT2D eigenvalue weighted by atomic mass is 32.1. The predicted octanol–water partition coefficient (Wildman–Crippen LogP) is 4.89. The first-order chi connectivity index (χ1) is 19.7.